The van der Waals surface area contributed by atoms with Gasteiger partial charge in [0.2, 0.25) is 5.88 Å². The Morgan fingerprint density at radius 3 is 2.54 bits per heavy atom. The number of carbonyl (C=O) groups excluding carboxylic acids is 1. The van der Waals surface area contributed by atoms with Crippen molar-refractivity contribution in [2.24, 2.45) is 0 Å². The molecule has 1 aliphatic carbocycles. The topological polar surface area (TPSA) is 93.6 Å². The highest BCUT2D eigenvalue weighted by Crippen LogP contribution is 2.25. The van der Waals surface area contributed by atoms with Crippen LogP contribution in [0.4, 0.5) is 5.82 Å². The van der Waals surface area contributed by atoms with Gasteiger partial charge in [-0.1, -0.05) is 26.7 Å². The molecule has 2 aliphatic rings. The molecule has 2 heterocycles. The van der Waals surface area contributed by atoms with Gasteiger partial charge in [0.1, 0.15) is 17.6 Å². The van der Waals surface area contributed by atoms with Gasteiger partial charge in [-0.3, -0.25) is 10.2 Å². The van der Waals surface area contributed by atoms with Gasteiger partial charge in [-0.2, -0.15) is 4.98 Å². The molecular weight excluding hydrogens is 440 g/mol. The van der Waals surface area contributed by atoms with Crippen molar-refractivity contribution in [3.63, 3.8) is 0 Å². The van der Waals surface area contributed by atoms with Gasteiger partial charge < -0.3 is 25.2 Å². The molecule has 2 fully saturated rings. The number of nitrogens with one attached hydrogen (secondary N) is 3. The van der Waals surface area contributed by atoms with E-state index in [-0.39, 0.29) is 23.8 Å². The Morgan fingerprint density at radius 1 is 1.14 bits per heavy atom. The van der Waals surface area contributed by atoms with E-state index < -0.39 is 0 Å². The predicted octanol–water partition coefficient (Wildman–Crippen LogP) is 3.91. The highest BCUT2D eigenvalue weighted by atomic mass is 16.5. The molecule has 1 aromatic rings. The molecule has 3 rings (SSSR count). The van der Waals surface area contributed by atoms with Crippen molar-refractivity contribution in [1.82, 2.24) is 20.1 Å². The van der Waals surface area contributed by atoms with E-state index in [1.54, 1.807) is 19.2 Å². The van der Waals surface area contributed by atoms with Crippen LogP contribution in [0.3, 0.4) is 0 Å². The van der Waals surface area contributed by atoms with Crippen LogP contribution in [0.1, 0.15) is 77.2 Å². The summed E-state index contributed by atoms with van der Waals surface area (Å²) in [6.07, 6.45) is 10.3. The number of hydrogen-bond acceptors (Lipinski definition) is 7. The van der Waals surface area contributed by atoms with Crippen molar-refractivity contribution in [2.75, 3.05) is 51.6 Å². The lowest BCUT2D eigenvalue weighted by Gasteiger charge is -2.33. The number of piperidine rings is 1. The van der Waals surface area contributed by atoms with E-state index in [1.165, 1.54) is 38.6 Å². The Kier molecular flexibility index (Phi) is 11.3. The van der Waals surface area contributed by atoms with Gasteiger partial charge in [0.15, 0.2) is 0 Å². The third-order valence-electron chi connectivity index (χ3n) is 7.37. The minimum atomic E-state index is -0.334. The molecule has 35 heavy (non-hydrogen) atoms. The third-order valence-corrected chi connectivity index (χ3v) is 7.37. The molecule has 196 valence electrons. The smallest absolute Gasteiger partial charge is 0.270 e. The summed E-state index contributed by atoms with van der Waals surface area (Å²) >= 11 is 0. The van der Waals surface area contributed by atoms with Gasteiger partial charge in [0.05, 0.1) is 0 Å². The van der Waals surface area contributed by atoms with E-state index in [1.807, 2.05) is 0 Å². The van der Waals surface area contributed by atoms with Crippen molar-refractivity contribution in [3.05, 3.63) is 17.7 Å². The second-order valence-electron chi connectivity index (χ2n) is 9.93. The quantitative estimate of drug-likeness (QED) is 0.366. The Bertz CT molecular complexity index is 803. The second-order valence-corrected chi connectivity index (χ2v) is 9.93. The number of unbranched alkanes of at least 4 members (excludes halogenated alkanes) is 1. The number of rotatable bonds is 13. The van der Waals surface area contributed by atoms with Crippen LogP contribution in [-0.4, -0.2) is 84.9 Å². The fourth-order valence-corrected chi connectivity index (χ4v) is 5.03. The maximum absolute atomic E-state index is 12.9. The maximum atomic E-state index is 12.9. The average molecular weight is 487 g/mol. The van der Waals surface area contributed by atoms with E-state index >= 15 is 0 Å². The summed E-state index contributed by atoms with van der Waals surface area (Å²) in [5.41, 5.74) is 0.452. The molecule has 0 radical (unpaired) electrons. The minimum absolute atomic E-state index is 0.0528. The molecule has 1 saturated carbocycles. The second kappa shape index (κ2) is 14.4. The third kappa shape index (κ3) is 8.46. The van der Waals surface area contributed by atoms with E-state index in [0.717, 1.165) is 58.4 Å². The van der Waals surface area contributed by atoms with Crippen LogP contribution in [0.2, 0.25) is 0 Å². The molecular formula is C27H46N6O2. The first-order valence-electron chi connectivity index (χ1n) is 13.7. The summed E-state index contributed by atoms with van der Waals surface area (Å²) < 4.78 is 6.06. The van der Waals surface area contributed by atoms with Gasteiger partial charge in [-0.05, 0) is 64.1 Å². The Labute approximate surface area is 211 Å². The summed E-state index contributed by atoms with van der Waals surface area (Å²) in [5.74, 6) is 0.734. The van der Waals surface area contributed by atoms with E-state index in [0.29, 0.717) is 17.3 Å². The fraction of sp³-hybridized carbons (Fsp3) is 0.741. The van der Waals surface area contributed by atoms with Gasteiger partial charge in [0, 0.05) is 50.9 Å². The van der Waals surface area contributed by atoms with Gasteiger partial charge >= 0.3 is 0 Å². The molecule has 1 aliphatic heterocycles. The average Bonchev–Trinajstić information content (AvgIpc) is 2.89. The molecule has 1 aromatic heterocycles. The number of carbonyl (C=O) groups is 1. The summed E-state index contributed by atoms with van der Waals surface area (Å²) in [4.78, 5) is 22.4. The van der Waals surface area contributed by atoms with Crippen LogP contribution < -0.4 is 15.4 Å². The first kappa shape index (κ1) is 27.4. The Morgan fingerprint density at radius 2 is 1.89 bits per heavy atom. The van der Waals surface area contributed by atoms with Crippen molar-refractivity contribution < 1.29 is 9.53 Å². The van der Waals surface area contributed by atoms with Crippen LogP contribution in [0.15, 0.2) is 12.1 Å². The molecule has 0 spiro atoms. The van der Waals surface area contributed by atoms with Crippen molar-refractivity contribution >= 4 is 17.4 Å². The van der Waals surface area contributed by atoms with Gasteiger partial charge in [-0.25, -0.2) is 0 Å². The molecule has 0 bridgehead atoms. The zero-order valence-corrected chi connectivity index (χ0v) is 22.1. The highest BCUT2D eigenvalue weighted by molar-refractivity contribution is 6.45. The SMILES string of the molecule is CCCCN(CC)CCN1CCC(NC(=O)C(=N)c2ccc(OC3CCCCC3)nc2NC)CC1. The lowest BCUT2D eigenvalue weighted by atomic mass is 9.98. The lowest BCUT2D eigenvalue weighted by molar-refractivity contribution is -0.115. The molecule has 0 unspecified atom stereocenters. The minimum Gasteiger partial charge on any atom is -0.474 e. The zero-order chi connectivity index (χ0) is 25.0. The number of likely N-dealkylation sites (tertiary alicyclic amines) is 1. The maximum Gasteiger partial charge on any atom is 0.270 e. The first-order valence-corrected chi connectivity index (χ1v) is 13.7. The van der Waals surface area contributed by atoms with Crippen LogP contribution in [0.25, 0.3) is 0 Å². The summed E-state index contributed by atoms with van der Waals surface area (Å²) in [5, 5.41) is 14.6. The van der Waals surface area contributed by atoms with Gasteiger partial charge in [0.25, 0.3) is 5.91 Å². The van der Waals surface area contributed by atoms with Crippen LogP contribution in [0.5, 0.6) is 5.88 Å². The number of likely N-dealkylation sites (N-methyl/N-ethyl adjacent to an activating group) is 1. The van der Waals surface area contributed by atoms with E-state index in [9.17, 15) is 4.79 Å². The summed E-state index contributed by atoms with van der Waals surface area (Å²) in [6, 6.07) is 3.67. The summed E-state index contributed by atoms with van der Waals surface area (Å²) in [7, 11) is 1.76. The van der Waals surface area contributed by atoms with Gasteiger partial charge in [-0.15, -0.1) is 0 Å². The number of aromatic nitrogens is 1. The molecule has 0 atom stereocenters. The number of hydrogen-bond donors (Lipinski definition) is 3. The van der Waals surface area contributed by atoms with Crippen molar-refractivity contribution in [2.45, 2.75) is 83.8 Å². The largest absolute Gasteiger partial charge is 0.474 e. The number of ether oxygens (including phenoxy) is 1. The molecule has 8 nitrogen and oxygen atoms in total. The lowest BCUT2D eigenvalue weighted by Crippen LogP contribution is -2.48. The molecule has 1 saturated heterocycles. The zero-order valence-electron chi connectivity index (χ0n) is 22.1. The van der Waals surface area contributed by atoms with E-state index in [4.69, 9.17) is 10.1 Å². The van der Waals surface area contributed by atoms with Crippen LogP contribution >= 0.6 is 0 Å². The standard InChI is InChI=1S/C27H46N6O2/c1-4-6-16-32(5-2)19-20-33-17-14-21(15-18-33)30-27(34)25(28)23-12-13-24(31-26(23)29-3)35-22-10-8-7-9-11-22/h12-13,21-22,28H,4-11,14-20H2,1-3H3,(H,29,31)(H,30,34). The molecule has 0 aromatic carbocycles. The fourth-order valence-electron chi connectivity index (χ4n) is 5.03. The van der Waals surface area contributed by atoms with E-state index in [2.05, 4.69) is 39.3 Å². The monoisotopic (exact) mass is 486 g/mol. The number of nitrogens with zero attached hydrogens (tertiary/aromatic N) is 3. The Hall–Kier alpha value is -2.19. The molecule has 1 amide bonds. The first-order chi connectivity index (χ1) is 17.0. The normalized spacial score (nSPS) is 17.9. The predicted molar refractivity (Wildman–Crippen MR) is 143 cm³/mol. The Balaban J connectivity index is 1.46. The van der Waals surface area contributed by atoms with Crippen LogP contribution in [0, 0.1) is 5.41 Å². The number of pyridine rings is 1. The molecule has 3 N–H and O–H groups in total. The number of anilines is 1. The van der Waals surface area contributed by atoms with Crippen molar-refractivity contribution in [1.29, 1.82) is 5.41 Å². The molecule has 8 heteroatoms. The van der Waals surface area contributed by atoms with Crippen molar-refractivity contribution in [3.8, 4) is 5.88 Å². The highest BCUT2D eigenvalue weighted by Gasteiger charge is 2.24. The number of amides is 1. The van der Waals surface area contributed by atoms with Crippen LogP contribution in [-0.2, 0) is 4.79 Å². The summed E-state index contributed by atoms with van der Waals surface area (Å²) in [6.45, 7) is 10.9.